The quantitative estimate of drug-likeness (QED) is 0.685. The Morgan fingerprint density at radius 1 is 1.12 bits per heavy atom. The molecule has 3 N–H and O–H groups in total. The Kier molecular flexibility index (Phi) is 6.89. The van der Waals surface area contributed by atoms with E-state index in [2.05, 4.69) is 47.9 Å². The van der Waals surface area contributed by atoms with Crippen LogP contribution in [0, 0.1) is 0 Å². The van der Waals surface area contributed by atoms with E-state index in [1.165, 1.54) is 11.1 Å². The van der Waals surface area contributed by atoms with E-state index in [0.717, 1.165) is 54.7 Å². The third kappa shape index (κ3) is 5.44. The summed E-state index contributed by atoms with van der Waals surface area (Å²) >= 11 is 11.5. The summed E-state index contributed by atoms with van der Waals surface area (Å²) in [6, 6.07) is 17.0. The molecule has 0 unspecified atom stereocenters. The van der Waals surface area contributed by atoms with Gasteiger partial charge in [-0.15, -0.1) is 0 Å². The van der Waals surface area contributed by atoms with Gasteiger partial charge in [-0.2, -0.15) is 0 Å². The van der Waals surface area contributed by atoms with E-state index in [9.17, 15) is 0 Å². The maximum absolute atomic E-state index is 5.97. The number of anilines is 1. The van der Waals surface area contributed by atoms with Crippen LogP contribution in [0.1, 0.15) is 30.9 Å². The van der Waals surface area contributed by atoms with Gasteiger partial charge in [0.25, 0.3) is 0 Å². The highest BCUT2D eigenvalue weighted by Crippen LogP contribution is 2.15. The van der Waals surface area contributed by atoms with Crippen molar-refractivity contribution < 1.29 is 4.90 Å². The topological polar surface area (TPSA) is 28.5 Å². The summed E-state index contributed by atoms with van der Waals surface area (Å²) in [5, 5.41) is 8.40. The number of likely N-dealkylation sites (tertiary alicyclic amines) is 1. The van der Waals surface area contributed by atoms with Crippen molar-refractivity contribution in [3.05, 3.63) is 64.7 Å². The number of hydrogen-bond donors (Lipinski definition) is 3. The van der Waals surface area contributed by atoms with Crippen LogP contribution >= 0.6 is 23.8 Å². The molecule has 1 aliphatic heterocycles. The lowest BCUT2D eigenvalue weighted by molar-refractivity contribution is -0.918. The van der Waals surface area contributed by atoms with Crippen LogP contribution in [0.15, 0.2) is 48.5 Å². The van der Waals surface area contributed by atoms with Crippen LogP contribution in [-0.2, 0) is 13.0 Å². The molecule has 1 aliphatic rings. The summed E-state index contributed by atoms with van der Waals surface area (Å²) in [7, 11) is 0. The lowest BCUT2D eigenvalue weighted by Gasteiger charge is -2.30. The van der Waals surface area contributed by atoms with Crippen molar-refractivity contribution in [2.75, 3.05) is 18.4 Å². The lowest BCUT2D eigenvalue weighted by Crippen LogP contribution is -3.12. The van der Waals surface area contributed by atoms with Crippen LogP contribution in [-0.4, -0.2) is 24.2 Å². The second-order valence-electron chi connectivity index (χ2n) is 6.94. The van der Waals surface area contributed by atoms with Crippen LogP contribution < -0.4 is 15.5 Å². The standard InChI is InChI=1S/C21H26ClN3S/c1-2-17-5-3-4-6-20(17)24-21(26)23-19-11-13-25(14-12-19)15-16-7-9-18(22)10-8-16/h3-10,19H,2,11-15H2,1H3,(H2,23,24,26)/p+1. The van der Waals surface area contributed by atoms with Crippen LogP contribution in [0.4, 0.5) is 5.69 Å². The minimum Gasteiger partial charge on any atom is -0.359 e. The first kappa shape index (κ1) is 19.2. The molecule has 0 saturated carbocycles. The van der Waals surface area contributed by atoms with Gasteiger partial charge in [-0.05, 0) is 42.4 Å². The molecule has 0 aliphatic carbocycles. The van der Waals surface area contributed by atoms with E-state index in [0.29, 0.717) is 6.04 Å². The first-order chi connectivity index (χ1) is 12.6. The number of aryl methyl sites for hydroxylation is 1. The Morgan fingerprint density at radius 3 is 2.50 bits per heavy atom. The monoisotopic (exact) mass is 388 g/mol. The van der Waals surface area contributed by atoms with Gasteiger partial charge in [0.2, 0.25) is 0 Å². The molecule has 1 fully saturated rings. The number of halogens is 1. The predicted molar refractivity (Wildman–Crippen MR) is 114 cm³/mol. The average Bonchev–Trinajstić information content (AvgIpc) is 2.65. The number of para-hydroxylation sites is 1. The number of rotatable bonds is 5. The van der Waals surface area contributed by atoms with Crippen molar-refractivity contribution in [3.8, 4) is 0 Å². The fraction of sp³-hybridized carbons (Fsp3) is 0.381. The van der Waals surface area contributed by atoms with E-state index in [4.69, 9.17) is 23.8 Å². The molecule has 1 saturated heterocycles. The fourth-order valence-corrected chi connectivity index (χ4v) is 3.94. The van der Waals surface area contributed by atoms with Crippen LogP contribution in [0.5, 0.6) is 0 Å². The predicted octanol–water partition coefficient (Wildman–Crippen LogP) is 3.44. The average molecular weight is 389 g/mol. The van der Waals surface area contributed by atoms with Crippen LogP contribution in [0.2, 0.25) is 5.02 Å². The smallest absolute Gasteiger partial charge is 0.171 e. The van der Waals surface area contributed by atoms with Gasteiger partial charge >= 0.3 is 0 Å². The minimum atomic E-state index is 0.456. The zero-order valence-corrected chi connectivity index (χ0v) is 16.8. The molecule has 0 aromatic heterocycles. The molecule has 1 heterocycles. The first-order valence-electron chi connectivity index (χ1n) is 9.37. The normalized spacial score (nSPS) is 19.8. The van der Waals surface area contributed by atoms with Gasteiger partial charge in [-0.1, -0.05) is 48.9 Å². The number of piperidine rings is 1. The number of thiocarbonyl (C=S) groups is 1. The zero-order valence-electron chi connectivity index (χ0n) is 15.2. The molecule has 0 atom stereocenters. The van der Waals surface area contributed by atoms with Crippen molar-refractivity contribution in [2.45, 2.75) is 38.8 Å². The molecule has 2 aromatic carbocycles. The van der Waals surface area contributed by atoms with E-state index in [1.807, 2.05) is 18.2 Å². The number of benzene rings is 2. The molecule has 0 radical (unpaired) electrons. The summed E-state index contributed by atoms with van der Waals surface area (Å²) in [6.07, 6.45) is 3.28. The van der Waals surface area contributed by atoms with Gasteiger partial charge in [0.05, 0.1) is 13.1 Å². The van der Waals surface area contributed by atoms with Gasteiger partial charge in [0, 0.05) is 35.2 Å². The molecule has 2 aromatic rings. The Labute approximate surface area is 166 Å². The summed E-state index contributed by atoms with van der Waals surface area (Å²) in [4.78, 5) is 1.63. The second kappa shape index (κ2) is 9.36. The van der Waals surface area contributed by atoms with Gasteiger partial charge in [-0.25, -0.2) is 0 Å². The molecule has 0 bridgehead atoms. The number of nitrogens with one attached hydrogen (secondary N) is 3. The summed E-state index contributed by atoms with van der Waals surface area (Å²) < 4.78 is 0. The summed E-state index contributed by atoms with van der Waals surface area (Å²) in [6.45, 7) is 5.55. The molecular formula is C21H27ClN3S+. The van der Waals surface area contributed by atoms with Gasteiger partial charge in [-0.3, -0.25) is 0 Å². The maximum atomic E-state index is 5.97. The number of quaternary nitrogens is 1. The lowest BCUT2D eigenvalue weighted by atomic mass is 10.0. The van der Waals surface area contributed by atoms with Crippen molar-refractivity contribution >= 4 is 34.6 Å². The van der Waals surface area contributed by atoms with Crippen molar-refractivity contribution in [1.82, 2.24) is 5.32 Å². The highest BCUT2D eigenvalue weighted by Gasteiger charge is 2.22. The molecule has 5 heteroatoms. The molecule has 3 nitrogen and oxygen atoms in total. The SMILES string of the molecule is CCc1ccccc1NC(=S)NC1CC[NH+](Cc2ccc(Cl)cc2)CC1. The largest absolute Gasteiger partial charge is 0.359 e. The summed E-state index contributed by atoms with van der Waals surface area (Å²) in [5.74, 6) is 0. The van der Waals surface area contributed by atoms with E-state index in [-0.39, 0.29) is 0 Å². The highest BCUT2D eigenvalue weighted by molar-refractivity contribution is 7.80. The number of hydrogen-bond acceptors (Lipinski definition) is 1. The Hall–Kier alpha value is -1.62. The van der Waals surface area contributed by atoms with Gasteiger partial charge in [0.1, 0.15) is 6.54 Å². The Balaban J connectivity index is 1.44. The van der Waals surface area contributed by atoms with Gasteiger partial charge < -0.3 is 15.5 Å². The van der Waals surface area contributed by atoms with E-state index >= 15 is 0 Å². The molecule has 26 heavy (non-hydrogen) atoms. The molecule has 0 spiro atoms. The van der Waals surface area contributed by atoms with E-state index < -0.39 is 0 Å². The van der Waals surface area contributed by atoms with E-state index in [1.54, 1.807) is 4.90 Å². The zero-order chi connectivity index (χ0) is 18.4. The Bertz CT molecular complexity index is 724. The molecular weight excluding hydrogens is 362 g/mol. The maximum Gasteiger partial charge on any atom is 0.171 e. The van der Waals surface area contributed by atoms with Crippen molar-refractivity contribution in [1.29, 1.82) is 0 Å². The molecule has 3 rings (SSSR count). The Morgan fingerprint density at radius 2 is 1.81 bits per heavy atom. The third-order valence-corrected chi connectivity index (χ3v) is 5.51. The van der Waals surface area contributed by atoms with Crippen molar-refractivity contribution in [2.24, 2.45) is 0 Å². The molecule has 0 amide bonds. The molecule has 138 valence electrons. The second-order valence-corrected chi connectivity index (χ2v) is 7.78. The third-order valence-electron chi connectivity index (χ3n) is 5.04. The highest BCUT2D eigenvalue weighted by atomic mass is 35.5. The fourth-order valence-electron chi connectivity index (χ4n) is 3.53. The van der Waals surface area contributed by atoms with Gasteiger partial charge in [0.15, 0.2) is 5.11 Å². The minimum absolute atomic E-state index is 0.456. The first-order valence-corrected chi connectivity index (χ1v) is 10.2. The van der Waals surface area contributed by atoms with Crippen LogP contribution in [0.25, 0.3) is 0 Å². The van der Waals surface area contributed by atoms with Crippen LogP contribution in [0.3, 0.4) is 0 Å². The van der Waals surface area contributed by atoms with Crippen molar-refractivity contribution in [3.63, 3.8) is 0 Å². The summed E-state index contributed by atoms with van der Waals surface area (Å²) in [5.41, 5.74) is 3.75.